The summed E-state index contributed by atoms with van der Waals surface area (Å²) in [5.74, 6) is 1.00. The largest absolute Gasteiger partial charge is 0.243 e. The molecule has 0 radical (unpaired) electrons. The van der Waals surface area contributed by atoms with Crippen LogP contribution in [0, 0.1) is 19.8 Å². The second kappa shape index (κ2) is 5.81. The molecule has 0 aromatic heterocycles. The van der Waals surface area contributed by atoms with Crippen molar-refractivity contribution in [3.63, 3.8) is 0 Å². The normalized spacial score (nSPS) is 20.9. The van der Waals surface area contributed by atoms with E-state index >= 15 is 0 Å². The summed E-state index contributed by atoms with van der Waals surface area (Å²) in [4.78, 5) is 0.435. The van der Waals surface area contributed by atoms with Crippen LogP contribution in [-0.4, -0.2) is 31.7 Å². The Balaban J connectivity index is 2.23. The summed E-state index contributed by atoms with van der Waals surface area (Å²) in [6, 6.07) is 5.49. The van der Waals surface area contributed by atoms with Crippen molar-refractivity contribution in [3.05, 3.63) is 29.3 Å². The van der Waals surface area contributed by atoms with Crippen molar-refractivity contribution in [2.75, 3.05) is 19.0 Å². The average molecular weight is 302 g/mol. The predicted octanol–water partition coefficient (Wildman–Crippen LogP) is 2.94. The van der Waals surface area contributed by atoms with Gasteiger partial charge in [0, 0.05) is 19.0 Å². The highest BCUT2D eigenvalue weighted by Gasteiger charge is 2.32. The van der Waals surface area contributed by atoms with Gasteiger partial charge in [-0.3, -0.25) is 0 Å². The van der Waals surface area contributed by atoms with E-state index in [1.807, 2.05) is 26.0 Å². The highest BCUT2D eigenvalue weighted by molar-refractivity contribution is 7.89. The Labute approximate surface area is 120 Å². The first-order chi connectivity index (χ1) is 8.95. The fourth-order valence-electron chi connectivity index (χ4n) is 2.63. The van der Waals surface area contributed by atoms with E-state index in [2.05, 4.69) is 0 Å². The standard InChI is InChI=1S/C14H20ClNO2S/c1-11-3-4-14(12(2)9-11)19(17,18)16-8-6-13(10-16)5-7-15/h3-4,9,13H,5-8,10H2,1-2H3. The molecule has 19 heavy (non-hydrogen) atoms. The zero-order chi connectivity index (χ0) is 14.0. The van der Waals surface area contributed by atoms with E-state index in [9.17, 15) is 8.42 Å². The van der Waals surface area contributed by atoms with Crippen molar-refractivity contribution in [1.82, 2.24) is 4.31 Å². The van der Waals surface area contributed by atoms with Gasteiger partial charge in [0.2, 0.25) is 10.0 Å². The molecule has 3 nitrogen and oxygen atoms in total. The summed E-state index contributed by atoms with van der Waals surface area (Å²) in [6.07, 6.45) is 1.80. The van der Waals surface area contributed by atoms with Crippen LogP contribution in [0.15, 0.2) is 23.1 Å². The molecule has 1 unspecified atom stereocenters. The molecule has 5 heteroatoms. The molecule has 0 N–H and O–H groups in total. The molecule has 0 amide bonds. The molecular weight excluding hydrogens is 282 g/mol. The van der Waals surface area contributed by atoms with Gasteiger partial charge in [-0.05, 0) is 44.2 Å². The Morgan fingerprint density at radius 3 is 2.74 bits per heavy atom. The minimum Gasteiger partial charge on any atom is -0.207 e. The molecule has 1 atom stereocenters. The van der Waals surface area contributed by atoms with Crippen molar-refractivity contribution in [2.24, 2.45) is 5.92 Å². The Morgan fingerprint density at radius 1 is 1.37 bits per heavy atom. The highest BCUT2D eigenvalue weighted by atomic mass is 35.5. The Bertz CT molecular complexity index is 557. The summed E-state index contributed by atoms with van der Waals surface area (Å²) in [6.45, 7) is 5.03. The van der Waals surface area contributed by atoms with Crippen LogP contribution < -0.4 is 0 Å². The summed E-state index contributed by atoms with van der Waals surface area (Å²) in [7, 11) is -3.35. The number of nitrogens with zero attached hydrogens (tertiary/aromatic N) is 1. The molecule has 1 saturated heterocycles. The Kier molecular flexibility index (Phi) is 4.54. The molecule has 1 aliphatic heterocycles. The lowest BCUT2D eigenvalue weighted by Gasteiger charge is -2.18. The predicted molar refractivity (Wildman–Crippen MR) is 78.1 cm³/mol. The van der Waals surface area contributed by atoms with Crippen LogP contribution in [0.5, 0.6) is 0 Å². The van der Waals surface area contributed by atoms with Gasteiger partial charge >= 0.3 is 0 Å². The van der Waals surface area contributed by atoms with E-state index in [0.717, 1.165) is 24.0 Å². The van der Waals surface area contributed by atoms with Gasteiger partial charge in [-0.15, -0.1) is 11.6 Å². The highest BCUT2D eigenvalue weighted by Crippen LogP contribution is 2.28. The van der Waals surface area contributed by atoms with Crippen LogP contribution in [0.25, 0.3) is 0 Å². The molecular formula is C14H20ClNO2S. The van der Waals surface area contributed by atoms with E-state index in [1.165, 1.54) is 0 Å². The van der Waals surface area contributed by atoms with E-state index in [-0.39, 0.29) is 0 Å². The van der Waals surface area contributed by atoms with E-state index in [0.29, 0.717) is 29.8 Å². The lowest BCUT2D eigenvalue weighted by molar-refractivity contribution is 0.453. The minimum atomic E-state index is -3.35. The van der Waals surface area contributed by atoms with E-state index < -0.39 is 10.0 Å². The third-order valence-electron chi connectivity index (χ3n) is 3.71. The second-order valence-electron chi connectivity index (χ2n) is 5.26. The average Bonchev–Trinajstić information content (AvgIpc) is 2.78. The van der Waals surface area contributed by atoms with Crippen LogP contribution >= 0.6 is 11.6 Å². The van der Waals surface area contributed by atoms with Crippen molar-refractivity contribution in [3.8, 4) is 0 Å². The number of rotatable bonds is 4. The summed E-state index contributed by atoms with van der Waals surface area (Å²) < 4.78 is 26.8. The quantitative estimate of drug-likeness (QED) is 0.802. The van der Waals surface area contributed by atoms with Crippen LogP contribution in [-0.2, 0) is 10.0 Å². The number of halogens is 1. The number of sulfonamides is 1. The van der Waals surface area contributed by atoms with Crippen LogP contribution in [0.1, 0.15) is 24.0 Å². The summed E-state index contributed by atoms with van der Waals surface area (Å²) in [5, 5.41) is 0. The first-order valence-corrected chi connectivity index (χ1v) is 8.56. The van der Waals surface area contributed by atoms with Gasteiger partial charge in [-0.1, -0.05) is 17.7 Å². The lowest BCUT2D eigenvalue weighted by atomic mass is 10.1. The van der Waals surface area contributed by atoms with Gasteiger partial charge in [-0.25, -0.2) is 8.42 Å². The first kappa shape index (κ1) is 14.8. The van der Waals surface area contributed by atoms with Crippen LogP contribution in [0.2, 0.25) is 0 Å². The number of alkyl halides is 1. The Morgan fingerprint density at radius 2 is 2.11 bits per heavy atom. The van der Waals surface area contributed by atoms with Gasteiger partial charge < -0.3 is 0 Å². The van der Waals surface area contributed by atoms with Crippen molar-refractivity contribution < 1.29 is 8.42 Å². The zero-order valence-corrected chi connectivity index (χ0v) is 13.0. The summed E-state index contributed by atoms with van der Waals surface area (Å²) >= 11 is 5.74. The van der Waals surface area contributed by atoms with Crippen LogP contribution in [0.4, 0.5) is 0 Å². The topological polar surface area (TPSA) is 37.4 Å². The molecule has 2 rings (SSSR count). The van der Waals surface area contributed by atoms with Crippen LogP contribution in [0.3, 0.4) is 0 Å². The SMILES string of the molecule is Cc1ccc(S(=O)(=O)N2CCC(CCCl)C2)c(C)c1. The molecule has 0 spiro atoms. The molecule has 0 aliphatic carbocycles. The third-order valence-corrected chi connectivity index (χ3v) is 5.96. The van der Waals surface area contributed by atoms with Gasteiger partial charge in [0.25, 0.3) is 0 Å². The molecule has 1 aromatic carbocycles. The minimum absolute atomic E-state index is 0.401. The smallest absolute Gasteiger partial charge is 0.207 e. The van der Waals surface area contributed by atoms with Crippen molar-refractivity contribution in [1.29, 1.82) is 0 Å². The zero-order valence-electron chi connectivity index (χ0n) is 11.4. The van der Waals surface area contributed by atoms with Gasteiger partial charge in [0.05, 0.1) is 4.90 Å². The fraction of sp³-hybridized carbons (Fsp3) is 0.571. The van der Waals surface area contributed by atoms with Gasteiger partial charge in [-0.2, -0.15) is 4.31 Å². The lowest BCUT2D eigenvalue weighted by Crippen LogP contribution is -2.29. The molecule has 1 aromatic rings. The third kappa shape index (κ3) is 3.12. The Hall–Kier alpha value is -0.580. The van der Waals surface area contributed by atoms with E-state index in [4.69, 9.17) is 11.6 Å². The molecule has 106 valence electrons. The second-order valence-corrected chi connectivity index (χ2v) is 7.55. The fourth-order valence-corrected chi connectivity index (χ4v) is 4.68. The number of benzene rings is 1. The molecule has 1 heterocycles. The van der Waals surface area contributed by atoms with Crippen molar-refractivity contribution in [2.45, 2.75) is 31.6 Å². The van der Waals surface area contributed by atoms with E-state index in [1.54, 1.807) is 10.4 Å². The number of hydrogen-bond acceptors (Lipinski definition) is 2. The maximum absolute atomic E-state index is 12.6. The maximum Gasteiger partial charge on any atom is 0.243 e. The van der Waals surface area contributed by atoms with Gasteiger partial charge in [0.1, 0.15) is 0 Å². The number of aryl methyl sites for hydroxylation is 2. The molecule has 0 saturated carbocycles. The molecule has 1 fully saturated rings. The van der Waals surface area contributed by atoms with Crippen molar-refractivity contribution >= 4 is 21.6 Å². The molecule has 1 aliphatic rings. The number of hydrogen-bond donors (Lipinski definition) is 0. The summed E-state index contributed by atoms with van der Waals surface area (Å²) in [5.41, 5.74) is 1.90. The maximum atomic E-state index is 12.6. The monoisotopic (exact) mass is 301 g/mol. The van der Waals surface area contributed by atoms with Gasteiger partial charge in [0.15, 0.2) is 0 Å². The first-order valence-electron chi connectivity index (χ1n) is 6.58. The molecule has 0 bridgehead atoms.